The number of nitrogens with one attached hydrogen (secondary N) is 1. The third kappa shape index (κ3) is 5.92. The largest absolute Gasteiger partial charge is 0.449 e. The van der Waals surface area contributed by atoms with E-state index in [1.54, 1.807) is 6.26 Å². The molecular weight excluding hydrogens is 254 g/mol. The molecule has 0 aliphatic heterocycles. The maximum atomic E-state index is 5.58. The Bertz CT molecular complexity index is 367. The van der Waals surface area contributed by atoms with E-state index in [1.165, 1.54) is 0 Å². The maximum Gasteiger partial charge on any atom is 0.393 e. The molecule has 0 bridgehead atoms. The normalized spacial score (nSPS) is 12.1. The monoisotopic (exact) mass is 283 g/mol. The molecule has 0 unspecified atom stereocenters. The van der Waals surface area contributed by atoms with Crippen LogP contribution < -0.4 is 10.1 Å². The molecule has 0 spiro atoms. The molecule has 5 heteroatoms. The van der Waals surface area contributed by atoms with E-state index < -0.39 is 0 Å². The predicted octanol–water partition coefficient (Wildman–Crippen LogP) is 2.67. The highest BCUT2D eigenvalue weighted by Gasteiger charge is 2.13. The molecule has 116 valence electrons. The lowest BCUT2D eigenvalue weighted by atomic mass is 10.2. The molecule has 1 rings (SSSR count). The quantitative estimate of drug-likeness (QED) is 0.755. The van der Waals surface area contributed by atoms with Crippen molar-refractivity contribution in [1.82, 2.24) is 15.2 Å². The van der Waals surface area contributed by atoms with Crippen molar-refractivity contribution < 1.29 is 9.15 Å². The van der Waals surface area contributed by atoms with E-state index in [1.807, 2.05) is 0 Å². The summed E-state index contributed by atoms with van der Waals surface area (Å²) in [6.45, 7) is 15.1. The van der Waals surface area contributed by atoms with Crippen LogP contribution in [-0.4, -0.2) is 41.2 Å². The van der Waals surface area contributed by atoms with Crippen LogP contribution in [0.15, 0.2) is 10.7 Å². The van der Waals surface area contributed by atoms with E-state index >= 15 is 0 Å². The topological polar surface area (TPSA) is 50.5 Å². The van der Waals surface area contributed by atoms with Gasteiger partial charge in [0, 0.05) is 31.2 Å². The molecule has 0 aromatic carbocycles. The second-order valence-corrected chi connectivity index (χ2v) is 5.91. The summed E-state index contributed by atoms with van der Waals surface area (Å²) < 4.78 is 10.9. The summed E-state index contributed by atoms with van der Waals surface area (Å²) in [6, 6.07) is 1.45. The summed E-state index contributed by atoms with van der Waals surface area (Å²) in [5.74, 6) is 0. The van der Waals surface area contributed by atoms with Gasteiger partial charge in [-0.1, -0.05) is 13.8 Å². The smallest absolute Gasteiger partial charge is 0.393 e. The number of rotatable bonds is 9. The van der Waals surface area contributed by atoms with Gasteiger partial charge >= 0.3 is 6.08 Å². The van der Waals surface area contributed by atoms with Crippen LogP contribution in [0.1, 0.15) is 47.2 Å². The van der Waals surface area contributed by atoms with Gasteiger partial charge < -0.3 is 14.5 Å². The lowest BCUT2D eigenvalue weighted by Gasteiger charge is -2.29. The summed E-state index contributed by atoms with van der Waals surface area (Å²) in [5, 5.41) is 3.29. The molecule has 0 saturated carbocycles. The van der Waals surface area contributed by atoms with Crippen LogP contribution in [0.25, 0.3) is 0 Å². The first-order valence-electron chi connectivity index (χ1n) is 7.46. The number of nitrogens with zero attached hydrogens (tertiary/aromatic N) is 2. The van der Waals surface area contributed by atoms with Crippen molar-refractivity contribution in [3.05, 3.63) is 12.0 Å². The highest BCUT2D eigenvalue weighted by atomic mass is 16.6. The van der Waals surface area contributed by atoms with E-state index in [2.05, 4.69) is 56.7 Å². The zero-order chi connectivity index (χ0) is 15.1. The second kappa shape index (κ2) is 8.27. The van der Waals surface area contributed by atoms with Gasteiger partial charge in [0.15, 0.2) is 0 Å². The van der Waals surface area contributed by atoms with Gasteiger partial charge in [-0.2, -0.15) is 4.98 Å². The third-order valence-electron chi connectivity index (χ3n) is 3.12. The summed E-state index contributed by atoms with van der Waals surface area (Å²) >= 11 is 0. The summed E-state index contributed by atoms with van der Waals surface area (Å²) in [5.41, 5.74) is 0.873. The lowest BCUT2D eigenvalue weighted by molar-refractivity contribution is 0.127. The van der Waals surface area contributed by atoms with E-state index in [-0.39, 0.29) is 0 Å². The molecule has 0 saturated heterocycles. The van der Waals surface area contributed by atoms with Crippen LogP contribution in [0.4, 0.5) is 0 Å². The minimum absolute atomic E-state index is 0.359. The minimum atomic E-state index is 0.359. The summed E-state index contributed by atoms with van der Waals surface area (Å²) in [7, 11) is 0. The first-order valence-corrected chi connectivity index (χ1v) is 7.46. The van der Waals surface area contributed by atoms with Crippen molar-refractivity contribution in [2.75, 3.05) is 13.2 Å². The Morgan fingerprint density at radius 3 is 2.40 bits per heavy atom. The minimum Gasteiger partial charge on any atom is -0.449 e. The Hall–Kier alpha value is -1.07. The summed E-state index contributed by atoms with van der Waals surface area (Å²) in [6.07, 6.45) is 2.01. The number of aromatic nitrogens is 1. The van der Waals surface area contributed by atoms with Crippen molar-refractivity contribution in [2.45, 2.75) is 66.2 Å². The molecule has 1 N–H and O–H groups in total. The van der Waals surface area contributed by atoms with Crippen LogP contribution in [0, 0.1) is 0 Å². The zero-order valence-electron chi connectivity index (χ0n) is 13.6. The Kier molecular flexibility index (Phi) is 7.02. The van der Waals surface area contributed by atoms with Crippen molar-refractivity contribution >= 4 is 0 Å². The predicted molar refractivity (Wildman–Crippen MR) is 81.0 cm³/mol. The molecule has 0 aliphatic rings. The van der Waals surface area contributed by atoms with Gasteiger partial charge in [-0.25, -0.2) is 0 Å². The number of hydrogen-bond donors (Lipinski definition) is 1. The number of ether oxygens (including phenoxy) is 1. The first kappa shape index (κ1) is 17.0. The maximum absolute atomic E-state index is 5.58. The summed E-state index contributed by atoms with van der Waals surface area (Å²) in [4.78, 5) is 6.68. The van der Waals surface area contributed by atoms with Crippen molar-refractivity contribution in [3.8, 4) is 6.08 Å². The lowest BCUT2D eigenvalue weighted by Crippen LogP contribution is -2.39. The first-order chi connectivity index (χ1) is 9.40. The Morgan fingerprint density at radius 1 is 1.20 bits per heavy atom. The fourth-order valence-corrected chi connectivity index (χ4v) is 2.10. The fourth-order valence-electron chi connectivity index (χ4n) is 2.10. The van der Waals surface area contributed by atoms with Crippen LogP contribution in [0.3, 0.4) is 0 Å². The second-order valence-electron chi connectivity index (χ2n) is 5.91. The zero-order valence-corrected chi connectivity index (χ0v) is 13.6. The fraction of sp³-hybridized carbons (Fsp3) is 0.800. The van der Waals surface area contributed by atoms with Gasteiger partial charge in [-0.15, -0.1) is 0 Å². The Morgan fingerprint density at radius 2 is 1.85 bits per heavy atom. The molecule has 0 aliphatic carbocycles. The molecule has 1 aromatic heterocycles. The van der Waals surface area contributed by atoms with Gasteiger partial charge in [0.05, 0.1) is 5.69 Å². The Labute approximate surface area is 122 Å². The van der Waals surface area contributed by atoms with Crippen LogP contribution in [0.5, 0.6) is 6.08 Å². The molecule has 0 atom stereocenters. The van der Waals surface area contributed by atoms with E-state index in [0.29, 0.717) is 37.4 Å². The van der Waals surface area contributed by atoms with E-state index in [0.717, 1.165) is 12.2 Å². The van der Waals surface area contributed by atoms with E-state index in [4.69, 9.17) is 9.15 Å². The van der Waals surface area contributed by atoms with E-state index in [9.17, 15) is 0 Å². The number of hydrogen-bond acceptors (Lipinski definition) is 5. The molecule has 0 radical (unpaired) electrons. The SMILES string of the molecule is CC(C)NCc1coc(OCCN(C(C)C)C(C)C)n1. The van der Waals surface area contributed by atoms with Gasteiger partial charge in [0.25, 0.3) is 0 Å². The average molecular weight is 283 g/mol. The van der Waals surface area contributed by atoms with Crippen molar-refractivity contribution in [3.63, 3.8) is 0 Å². The van der Waals surface area contributed by atoms with Gasteiger partial charge in [0.1, 0.15) is 12.9 Å². The van der Waals surface area contributed by atoms with Crippen molar-refractivity contribution in [1.29, 1.82) is 0 Å². The highest BCUT2D eigenvalue weighted by Crippen LogP contribution is 2.11. The molecule has 1 heterocycles. The van der Waals surface area contributed by atoms with Gasteiger partial charge in [-0.05, 0) is 27.7 Å². The Balaban J connectivity index is 2.35. The number of oxazole rings is 1. The molecule has 0 amide bonds. The molecule has 5 nitrogen and oxygen atoms in total. The molecule has 1 aromatic rings. The molecule has 0 fully saturated rings. The van der Waals surface area contributed by atoms with Crippen molar-refractivity contribution in [2.24, 2.45) is 0 Å². The third-order valence-corrected chi connectivity index (χ3v) is 3.12. The van der Waals surface area contributed by atoms with Crippen LogP contribution in [0.2, 0.25) is 0 Å². The van der Waals surface area contributed by atoms with Crippen LogP contribution >= 0.6 is 0 Å². The molecule has 20 heavy (non-hydrogen) atoms. The van der Waals surface area contributed by atoms with Gasteiger partial charge in [-0.3, -0.25) is 4.90 Å². The highest BCUT2D eigenvalue weighted by molar-refractivity contribution is 4.99. The standard InChI is InChI=1S/C15H29N3O2/c1-11(2)16-9-14-10-20-15(17-14)19-8-7-18(12(3)4)13(5)6/h10-13,16H,7-9H2,1-6H3. The molecular formula is C15H29N3O2. The average Bonchev–Trinajstić information content (AvgIpc) is 2.79. The van der Waals surface area contributed by atoms with Gasteiger partial charge in [0.2, 0.25) is 0 Å². The van der Waals surface area contributed by atoms with Crippen LogP contribution in [-0.2, 0) is 6.54 Å².